The van der Waals surface area contributed by atoms with E-state index in [0.717, 1.165) is 17.0 Å². The third kappa shape index (κ3) is 5.17. The van der Waals surface area contributed by atoms with Crippen molar-refractivity contribution in [1.29, 1.82) is 0 Å². The molecule has 2 rings (SSSR count). The van der Waals surface area contributed by atoms with Crippen LogP contribution in [0.25, 0.3) is 0 Å². The maximum atomic E-state index is 12.2. The van der Waals surface area contributed by atoms with Gasteiger partial charge in [-0.2, -0.15) is 5.10 Å². The summed E-state index contributed by atoms with van der Waals surface area (Å²) in [7, 11) is -1.65. The lowest BCUT2D eigenvalue weighted by Crippen LogP contribution is -2.43. The summed E-state index contributed by atoms with van der Waals surface area (Å²) in [6.45, 7) is 8.82. The van der Waals surface area contributed by atoms with Crippen LogP contribution >= 0.6 is 0 Å². The van der Waals surface area contributed by atoms with E-state index in [1.54, 1.807) is 0 Å². The number of ketones is 1. The number of benzene rings is 2. The summed E-state index contributed by atoms with van der Waals surface area (Å²) in [5, 5.41) is 4.84. The van der Waals surface area contributed by atoms with Crippen LogP contribution in [0.2, 0.25) is 19.6 Å². The molecule has 4 heteroatoms. The molecule has 2 aromatic carbocycles. The summed E-state index contributed by atoms with van der Waals surface area (Å²) in [5.74, 6) is 0.171. The fourth-order valence-corrected chi connectivity index (χ4v) is 3.84. The molecule has 3 nitrogen and oxygen atoms in total. The summed E-state index contributed by atoms with van der Waals surface area (Å²) in [4.78, 5) is 12.2. The van der Waals surface area contributed by atoms with Gasteiger partial charge in [-0.05, 0) is 45.1 Å². The highest BCUT2D eigenvalue weighted by Gasteiger charge is 2.24. The molecule has 2 aromatic rings. The average Bonchev–Trinajstić information content (AvgIpc) is 2.58. The van der Waals surface area contributed by atoms with Gasteiger partial charge in [0.25, 0.3) is 0 Å². The van der Waals surface area contributed by atoms with E-state index in [4.69, 9.17) is 5.10 Å². The fourth-order valence-electron chi connectivity index (χ4n) is 2.45. The van der Waals surface area contributed by atoms with Gasteiger partial charge in [-0.25, -0.2) is 0 Å². The Hall–Kier alpha value is -2.20. The predicted molar refractivity (Wildman–Crippen MR) is 105 cm³/mol. The second-order valence-electron chi connectivity index (χ2n) is 6.94. The molecule has 0 saturated carbocycles. The molecular weight excluding hydrogens is 312 g/mol. The molecule has 0 atom stereocenters. The van der Waals surface area contributed by atoms with E-state index in [2.05, 4.69) is 36.4 Å². The van der Waals surface area contributed by atoms with Gasteiger partial charge in [0.1, 0.15) is 0 Å². The van der Waals surface area contributed by atoms with Gasteiger partial charge in [-0.1, -0.05) is 48.5 Å². The van der Waals surface area contributed by atoms with Crippen LogP contribution in [-0.2, 0) is 0 Å². The van der Waals surface area contributed by atoms with Gasteiger partial charge in [-0.15, -0.1) is 0 Å². The highest BCUT2D eigenvalue weighted by molar-refractivity contribution is 6.79. The van der Waals surface area contributed by atoms with Crippen LogP contribution in [0.1, 0.15) is 30.1 Å². The van der Waals surface area contributed by atoms with E-state index in [1.807, 2.05) is 55.5 Å². The number of hydrogen-bond donors (Lipinski definition) is 0. The van der Waals surface area contributed by atoms with Crippen LogP contribution in [0, 0.1) is 0 Å². The van der Waals surface area contributed by atoms with Crippen molar-refractivity contribution in [2.24, 2.45) is 5.10 Å². The number of Topliss-reactive ketones (excluding diaryl/α,β-unsaturated/α-hetero) is 1. The van der Waals surface area contributed by atoms with Crippen molar-refractivity contribution in [2.45, 2.75) is 39.4 Å². The van der Waals surface area contributed by atoms with E-state index < -0.39 is 8.24 Å². The first-order chi connectivity index (χ1) is 11.4. The van der Waals surface area contributed by atoms with Gasteiger partial charge in [0.2, 0.25) is 0 Å². The summed E-state index contributed by atoms with van der Waals surface area (Å²) in [5.41, 5.74) is 2.88. The number of rotatable bonds is 7. The third-order valence-electron chi connectivity index (χ3n) is 3.72. The van der Waals surface area contributed by atoms with Crippen LogP contribution in [0.5, 0.6) is 0 Å². The van der Waals surface area contributed by atoms with Crippen molar-refractivity contribution >= 4 is 25.4 Å². The summed E-state index contributed by atoms with van der Waals surface area (Å²) < 4.78 is 2.16. The Labute approximate surface area is 146 Å². The Bertz CT molecular complexity index is 691. The van der Waals surface area contributed by atoms with Gasteiger partial charge in [0.15, 0.2) is 14.0 Å². The molecule has 0 unspecified atom stereocenters. The SMILES string of the molecule is C/C(CCC(=O)c1ccccc1)=N\N(c1ccccc1)[Si](C)(C)C. The van der Waals surface area contributed by atoms with Crippen LogP contribution < -0.4 is 4.67 Å². The Kier molecular flexibility index (Phi) is 6.09. The van der Waals surface area contributed by atoms with Crippen molar-refractivity contribution in [3.05, 3.63) is 66.2 Å². The maximum Gasteiger partial charge on any atom is 0.176 e. The summed E-state index contributed by atoms with van der Waals surface area (Å²) in [6, 6.07) is 19.7. The van der Waals surface area contributed by atoms with Crippen molar-refractivity contribution in [2.75, 3.05) is 4.67 Å². The third-order valence-corrected chi connectivity index (χ3v) is 5.35. The van der Waals surface area contributed by atoms with Gasteiger partial charge in [0, 0.05) is 23.4 Å². The summed E-state index contributed by atoms with van der Waals surface area (Å²) in [6.07, 6.45) is 1.18. The minimum absolute atomic E-state index is 0.171. The largest absolute Gasteiger partial charge is 0.295 e. The van der Waals surface area contributed by atoms with Crippen molar-refractivity contribution < 1.29 is 4.79 Å². The van der Waals surface area contributed by atoms with Crippen molar-refractivity contribution in [1.82, 2.24) is 0 Å². The molecule has 0 aliphatic rings. The standard InChI is InChI=1S/C20H26N2OSi/c1-17(15-16-20(23)18-11-7-5-8-12-18)21-22(24(2,3)4)19-13-9-6-10-14-19/h5-14H,15-16H2,1-4H3/b21-17+. The lowest BCUT2D eigenvalue weighted by molar-refractivity contribution is 0.0985. The van der Waals surface area contributed by atoms with Gasteiger partial charge in [-0.3, -0.25) is 9.47 Å². The topological polar surface area (TPSA) is 32.7 Å². The second-order valence-corrected chi connectivity index (χ2v) is 11.7. The van der Waals surface area contributed by atoms with E-state index in [1.165, 1.54) is 0 Å². The maximum absolute atomic E-state index is 12.2. The van der Waals surface area contributed by atoms with Gasteiger partial charge < -0.3 is 0 Å². The second kappa shape index (κ2) is 8.06. The molecule has 0 bridgehead atoms. The molecule has 0 saturated heterocycles. The first kappa shape index (κ1) is 18.1. The van der Waals surface area contributed by atoms with E-state index in [0.29, 0.717) is 12.8 Å². The van der Waals surface area contributed by atoms with E-state index in [9.17, 15) is 4.79 Å². The molecule has 0 fully saturated rings. The number of carbonyl (C=O) groups is 1. The molecule has 24 heavy (non-hydrogen) atoms. The zero-order valence-corrected chi connectivity index (χ0v) is 16.0. The normalized spacial score (nSPS) is 12.1. The van der Waals surface area contributed by atoms with E-state index in [-0.39, 0.29) is 5.78 Å². The zero-order valence-electron chi connectivity index (χ0n) is 15.0. The Morgan fingerprint density at radius 3 is 2.00 bits per heavy atom. The molecule has 0 heterocycles. The molecular formula is C20H26N2OSi. The smallest absolute Gasteiger partial charge is 0.176 e. The first-order valence-electron chi connectivity index (χ1n) is 8.35. The minimum Gasteiger partial charge on any atom is -0.295 e. The number of nitrogens with zero attached hydrogens (tertiary/aromatic N) is 2. The minimum atomic E-state index is -1.65. The number of hydrazone groups is 1. The van der Waals surface area contributed by atoms with Crippen molar-refractivity contribution in [3.63, 3.8) is 0 Å². The predicted octanol–water partition coefficient (Wildman–Crippen LogP) is 5.37. The van der Waals surface area contributed by atoms with Gasteiger partial charge in [0.05, 0.1) is 0 Å². The average molecular weight is 339 g/mol. The Balaban J connectivity index is 2.08. The molecule has 0 radical (unpaired) electrons. The lowest BCUT2D eigenvalue weighted by Gasteiger charge is -2.32. The van der Waals surface area contributed by atoms with Gasteiger partial charge >= 0.3 is 0 Å². The number of carbonyl (C=O) groups excluding carboxylic acids is 1. The van der Waals surface area contributed by atoms with Crippen molar-refractivity contribution in [3.8, 4) is 0 Å². The summed E-state index contributed by atoms with van der Waals surface area (Å²) >= 11 is 0. The monoisotopic (exact) mass is 338 g/mol. The molecule has 0 N–H and O–H groups in total. The Morgan fingerprint density at radius 2 is 1.46 bits per heavy atom. The van der Waals surface area contributed by atoms with Crippen LogP contribution in [-0.4, -0.2) is 19.7 Å². The van der Waals surface area contributed by atoms with Crippen LogP contribution in [0.4, 0.5) is 5.69 Å². The molecule has 0 aliphatic carbocycles. The molecule has 0 aromatic heterocycles. The first-order valence-corrected chi connectivity index (χ1v) is 11.8. The molecule has 126 valence electrons. The highest BCUT2D eigenvalue weighted by atomic mass is 28.3. The Morgan fingerprint density at radius 1 is 0.917 bits per heavy atom. The molecule has 0 spiro atoms. The zero-order chi connectivity index (χ0) is 17.6. The number of anilines is 1. The van der Waals surface area contributed by atoms with E-state index >= 15 is 0 Å². The lowest BCUT2D eigenvalue weighted by atomic mass is 10.1. The number of para-hydroxylation sites is 1. The molecule has 0 aliphatic heterocycles. The quantitative estimate of drug-likeness (QED) is 0.294. The molecule has 0 amide bonds. The van der Waals surface area contributed by atoms with Crippen LogP contribution in [0.3, 0.4) is 0 Å². The number of hydrogen-bond acceptors (Lipinski definition) is 3. The highest BCUT2D eigenvalue weighted by Crippen LogP contribution is 2.22. The fraction of sp³-hybridized carbons (Fsp3) is 0.300. The van der Waals surface area contributed by atoms with Crippen LogP contribution in [0.15, 0.2) is 65.8 Å².